The van der Waals surface area contributed by atoms with Gasteiger partial charge in [-0.15, -0.1) is 0 Å². The SMILES string of the molecule is CCCCCCCC/C=C\CCCCCCCC(=O)N(CCO)[C@H]1C(OCCO)O[C@H](COCCO)[C@@H](OCCO)[C@@H]1OCCO. The highest BCUT2D eigenvalue weighted by Crippen LogP contribution is 2.31. The number of unbranched alkanes of at least 4 members (excludes halogenated alkanes) is 11. The van der Waals surface area contributed by atoms with E-state index >= 15 is 0 Å². The molecule has 1 unspecified atom stereocenters. The molecule has 0 radical (unpaired) electrons. The quantitative estimate of drug-likeness (QED) is 0.0547. The number of carbonyl (C=O) groups is 1. The van der Waals surface area contributed by atoms with Gasteiger partial charge < -0.3 is 54.1 Å². The number of hydrogen-bond donors (Lipinski definition) is 5. The van der Waals surface area contributed by atoms with Gasteiger partial charge in [0, 0.05) is 13.0 Å². The molecule has 0 bridgehead atoms. The minimum absolute atomic E-state index is 0.00417. The minimum atomic E-state index is -1.06. The maximum atomic E-state index is 13.6. The topological polar surface area (TPSA) is 168 Å². The zero-order valence-electron chi connectivity index (χ0n) is 28.4. The minimum Gasteiger partial charge on any atom is -0.395 e. The average molecular weight is 664 g/mol. The molecule has 46 heavy (non-hydrogen) atoms. The summed E-state index contributed by atoms with van der Waals surface area (Å²) in [4.78, 5) is 15.1. The predicted molar refractivity (Wildman–Crippen MR) is 175 cm³/mol. The van der Waals surface area contributed by atoms with Crippen molar-refractivity contribution >= 4 is 5.91 Å². The Balaban J connectivity index is 2.78. The molecule has 1 saturated heterocycles. The molecule has 12 nitrogen and oxygen atoms in total. The molecule has 1 amide bonds. The summed E-state index contributed by atoms with van der Waals surface area (Å²) in [6.07, 6.45) is 16.3. The summed E-state index contributed by atoms with van der Waals surface area (Å²) in [6.45, 7) is 0.789. The van der Waals surface area contributed by atoms with E-state index in [1.54, 1.807) is 0 Å². The van der Waals surface area contributed by atoms with E-state index in [-0.39, 0.29) is 84.9 Å². The third-order valence-corrected chi connectivity index (χ3v) is 7.98. The summed E-state index contributed by atoms with van der Waals surface area (Å²) in [5, 5.41) is 47.6. The van der Waals surface area contributed by atoms with Crippen molar-refractivity contribution in [2.75, 3.05) is 72.6 Å². The fourth-order valence-corrected chi connectivity index (χ4v) is 5.73. The highest BCUT2D eigenvalue weighted by atomic mass is 16.7. The molecule has 12 heteroatoms. The molecule has 5 atom stereocenters. The van der Waals surface area contributed by atoms with Gasteiger partial charge in [-0.25, -0.2) is 0 Å². The van der Waals surface area contributed by atoms with E-state index < -0.39 is 30.6 Å². The molecule has 1 aliphatic rings. The van der Waals surface area contributed by atoms with Crippen LogP contribution >= 0.6 is 0 Å². The summed E-state index contributed by atoms with van der Waals surface area (Å²) in [7, 11) is 0. The van der Waals surface area contributed by atoms with Gasteiger partial charge in [0.15, 0.2) is 6.29 Å². The van der Waals surface area contributed by atoms with E-state index in [9.17, 15) is 30.3 Å². The molecular formula is C34H65NO11. The Kier molecular flexibility index (Phi) is 27.9. The van der Waals surface area contributed by atoms with Crippen LogP contribution in [0, 0.1) is 0 Å². The summed E-state index contributed by atoms with van der Waals surface area (Å²) in [5.41, 5.74) is 0. The van der Waals surface area contributed by atoms with Gasteiger partial charge in [0.05, 0.1) is 66.1 Å². The second kappa shape index (κ2) is 29.9. The number of amides is 1. The number of rotatable bonds is 31. The molecule has 0 aliphatic carbocycles. The molecule has 0 spiro atoms. The number of nitrogens with zero attached hydrogens (tertiary/aromatic N) is 1. The van der Waals surface area contributed by atoms with Crippen molar-refractivity contribution < 1.29 is 54.0 Å². The molecule has 272 valence electrons. The average Bonchev–Trinajstić information content (AvgIpc) is 3.06. The molecule has 0 aromatic carbocycles. The van der Waals surface area contributed by atoms with Crippen molar-refractivity contribution in [2.45, 2.75) is 127 Å². The predicted octanol–water partition coefficient (Wildman–Crippen LogP) is 2.71. The number of aliphatic hydroxyl groups excluding tert-OH is 5. The van der Waals surface area contributed by atoms with Crippen LogP contribution in [0.5, 0.6) is 0 Å². The Bertz CT molecular complexity index is 729. The van der Waals surface area contributed by atoms with Gasteiger partial charge in [-0.1, -0.05) is 70.4 Å². The molecule has 0 saturated carbocycles. The van der Waals surface area contributed by atoms with Crippen molar-refractivity contribution in [2.24, 2.45) is 0 Å². The van der Waals surface area contributed by atoms with Gasteiger partial charge in [0.2, 0.25) is 5.91 Å². The van der Waals surface area contributed by atoms with Gasteiger partial charge in [0.25, 0.3) is 0 Å². The number of hydrogen-bond acceptors (Lipinski definition) is 11. The third kappa shape index (κ3) is 18.4. The largest absolute Gasteiger partial charge is 0.395 e. The molecular weight excluding hydrogens is 598 g/mol. The lowest BCUT2D eigenvalue weighted by atomic mass is 9.94. The standard InChI is InChI=1S/C34H65NO11/c1-2-3-4-5-6-7-8-9-10-11-12-13-14-15-16-17-30(41)35(18-19-36)31-33(44-26-22-39)32(43-25-21-38)29(28-42-24-20-37)46-34(31)45-27-23-40/h9-10,29,31-34,36-40H,2-8,11-28H2,1H3/b10-9-/t29-,31-,32-,33-,34?/m1/s1. The van der Waals surface area contributed by atoms with Crippen LogP contribution in [0.4, 0.5) is 0 Å². The Hall–Kier alpha value is -1.19. The first-order valence-corrected chi connectivity index (χ1v) is 17.7. The van der Waals surface area contributed by atoms with E-state index in [4.69, 9.17) is 23.7 Å². The van der Waals surface area contributed by atoms with E-state index in [0.29, 0.717) is 6.42 Å². The fraction of sp³-hybridized carbons (Fsp3) is 0.912. The third-order valence-electron chi connectivity index (χ3n) is 7.98. The van der Waals surface area contributed by atoms with Crippen LogP contribution in [-0.4, -0.2) is 140 Å². The first-order chi connectivity index (χ1) is 22.6. The maximum absolute atomic E-state index is 13.6. The number of ether oxygens (including phenoxy) is 5. The van der Waals surface area contributed by atoms with Crippen LogP contribution in [0.3, 0.4) is 0 Å². The Morgan fingerprint density at radius 2 is 1.22 bits per heavy atom. The van der Waals surface area contributed by atoms with Gasteiger partial charge in [-0.2, -0.15) is 0 Å². The Morgan fingerprint density at radius 1 is 0.674 bits per heavy atom. The van der Waals surface area contributed by atoms with Crippen molar-refractivity contribution in [3.63, 3.8) is 0 Å². The first kappa shape index (κ1) is 42.8. The van der Waals surface area contributed by atoms with E-state index in [0.717, 1.165) is 38.5 Å². The Labute approximate surface area is 277 Å². The normalized spacial score (nSPS) is 21.7. The van der Waals surface area contributed by atoms with Gasteiger partial charge in [-0.3, -0.25) is 4.79 Å². The van der Waals surface area contributed by atoms with E-state index in [1.165, 1.54) is 43.4 Å². The van der Waals surface area contributed by atoms with Gasteiger partial charge in [0.1, 0.15) is 24.4 Å². The second-order valence-corrected chi connectivity index (χ2v) is 11.7. The van der Waals surface area contributed by atoms with Crippen LogP contribution < -0.4 is 0 Å². The monoisotopic (exact) mass is 663 g/mol. The lowest BCUT2D eigenvalue weighted by Gasteiger charge is -2.49. The highest BCUT2D eigenvalue weighted by Gasteiger charge is 2.51. The number of aliphatic hydroxyl groups is 5. The smallest absolute Gasteiger partial charge is 0.223 e. The molecule has 5 N–H and O–H groups in total. The molecule has 1 aliphatic heterocycles. The van der Waals surface area contributed by atoms with Gasteiger partial charge >= 0.3 is 0 Å². The summed E-state index contributed by atoms with van der Waals surface area (Å²) >= 11 is 0. The summed E-state index contributed by atoms with van der Waals surface area (Å²) in [5.74, 6) is -0.202. The molecule has 1 fully saturated rings. The highest BCUT2D eigenvalue weighted by molar-refractivity contribution is 5.76. The lowest BCUT2D eigenvalue weighted by molar-refractivity contribution is -0.303. The van der Waals surface area contributed by atoms with Crippen LogP contribution in [-0.2, 0) is 28.5 Å². The zero-order valence-corrected chi connectivity index (χ0v) is 28.4. The van der Waals surface area contributed by atoms with Crippen molar-refractivity contribution in [1.29, 1.82) is 0 Å². The molecule has 0 aromatic rings. The zero-order chi connectivity index (χ0) is 33.7. The molecule has 1 heterocycles. The lowest BCUT2D eigenvalue weighted by Crippen LogP contribution is -2.67. The summed E-state index contributed by atoms with van der Waals surface area (Å²) < 4.78 is 29.5. The molecule has 0 aromatic heterocycles. The van der Waals surface area contributed by atoms with Gasteiger partial charge in [-0.05, 0) is 32.1 Å². The molecule has 1 rings (SSSR count). The van der Waals surface area contributed by atoms with E-state index in [2.05, 4.69) is 19.1 Å². The second-order valence-electron chi connectivity index (χ2n) is 11.7. The van der Waals surface area contributed by atoms with Crippen LogP contribution in [0.15, 0.2) is 12.2 Å². The van der Waals surface area contributed by atoms with Crippen LogP contribution in [0.1, 0.15) is 96.8 Å². The van der Waals surface area contributed by atoms with Crippen LogP contribution in [0.2, 0.25) is 0 Å². The summed E-state index contributed by atoms with van der Waals surface area (Å²) in [6, 6.07) is -0.876. The van der Waals surface area contributed by atoms with Crippen LogP contribution in [0.25, 0.3) is 0 Å². The van der Waals surface area contributed by atoms with Crippen molar-refractivity contribution in [1.82, 2.24) is 4.90 Å². The Morgan fingerprint density at radius 3 is 1.80 bits per heavy atom. The first-order valence-electron chi connectivity index (χ1n) is 17.7. The maximum Gasteiger partial charge on any atom is 0.223 e. The van der Waals surface area contributed by atoms with Crippen molar-refractivity contribution in [3.8, 4) is 0 Å². The van der Waals surface area contributed by atoms with E-state index in [1.807, 2.05) is 0 Å². The fourth-order valence-electron chi connectivity index (χ4n) is 5.73. The number of carbonyl (C=O) groups excluding carboxylic acids is 1. The number of allylic oxidation sites excluding steroid dienone is 2. The van der Waals surface area contributed by atoms with Crippen molar-refractivity contribution in [3.05, 3.63) is 12.2 Å².